The van der Waals surface area contributed by atoms with E-state index in [0.717, 1.165) is 54.9 Å². The first-order valence-corrected chi connectivity index (χ1v) is 19.6. The average Bonchev–Trinajstić information content (AvgIpc) is 3.16. The van der Waals surface area contributed by atoms with E-state index < -0.39 is 34.7 Å². The Bertz CT molecular complexity index is 2440. The van der Waals surface area contributed by atoms with Crippen LogP contribution in [0.5, 0.6) is 17.2 Å². The molecule has 0 saturated carbocycles. The van der Waals surface area contributed by atoms with Gasteiger partial charge in [-0.15, -0.1) is 0 Å². The molecule has 0 saturated heterocycles. The lowest BCUT2D eigenvalue weighted by molar-refractivity contribution is -0.158. The minimum Gasteiger partial charge on any atom is -0.482 e. The molecule has 0 bridgehead atoms. The summed E-state index contributed by atoms with van der Waals surface area (Å²) in [6, 6.07) is 37.9. The fourth-order valence-electron chi connectivity index (χ4n) is 6.62. The van der Waals surface area contributed by atoms with Crippen LogP contribution in [0.25, 0.3) is 54.9 Å². The smallest absolute Gasteiger partial charge is 0.344 e. The molecule has 0 N–H and O–H groups in total. The maximum atomic E-state index is 12.4. The van der Waals surface area contributed by atoms with Crippen LogP contribution in [0.2, 0.25) is 0 Å². The zero-order valence-electron chi connectivity index (χ0n) is 35.3. The molecule has 0 aliphatic carbocycles. The second kappa shape index (κ2) is 17.2. The maximum absolute atomic E-state index is 12.4. The fourth-order valence-corrected chi connectivity index (χ4v) is 6.62. The number of carbonyl (C=O) groups is 3. The van der Waals surface area contributed by atoms with Crippen LogP contribution < -0.4 is 14.2 Å². The summed E-state index contributed by atoms with van der Waals surface area (Å²) in [5.41, 5.74) is 3.79. The highest BCUT2D eigenvalue weighted by atomic mass is 16.6. The number of carbonyl (C=O) groups excluding carboxylic acids is 3. The number of ether oxygens (including phenoxy) is 6. The van der Waals surface area contributed by atoms with Gasteiger partial charge >= 0.3 is 17.9 Å². The van der Waals surface area contributed by atoms with Gasteiger partial charge in [-0.05, 0) is 172 Å². The van der Waals surface area contributed by atoms with Crippen LogP contribution in [0, 0.1) is 0 Å². The summed E-state index contributed by atoms with van der Waals surface area (Å²) in [6.07, 6.45) is 0. The first kappa shape index (κ1) is 42.3. The number of hydrogen-bond donors (Lipinski definition) is 0. The Hall–Kier alpha value is -6.35. The number of rotatable bonds is 12. The third kappa shape index (κ3) is 11.6. The molecule has 6 aromatic rings. The Morgan fingerprint density at radius 1 is 0.407 bits per heavy atom. The quantitative estimate of drug-likeness (QED) is 0.0679. The van der Waals surface area contributed by atoms with Gasteiger partial charge in [0.1, 0.15) is 34.1 Å². The SMILES string of the molecule is CC(C)(C)OC(=O)COc1ccc(-c2cc3cc4ccccc4cc3c(-c3ccc(OCC(=O)OC(C)(C)C)cc3)c2-c2ccc(OCC(=O)OC(C)(C)C)cc2)cc1. The van der Waals surface area contributed by atoms with Crippen molar-refractivity contribution in [3.05, 3.63) is 115 Å². The third-order valence-electron chi connectivity index (χ3n) is 8.79. The van der Waals surface area contributed by atoms with E-state index in [1.165, 1.54) is 0 Å². The molecule has 0 spiro atoms. The van der Waals surface area contributed by atoms with Gasteiger partial charge < -0.3 is 28.4 Å². The third-order valence-corrected chi connectivity index (χ3v) is 8.79. The first-order chi connectivity index (χ1) is 27.8. The highest BCUT2D eigenvalue weighted by Gasteiger charge is 2.22. The van der Waals surface area contributed by atoms with Crippen molar-refractivity contribution in [1.29, 1.82) is 0 Å². The number of fused-ring (bicyclic) bond motifs is 2. The number of benzene rings is 6. The predicted molar refractivity (Wildman–Crippen MR) is 232 cm³/mol. The molecule has 306 valence electrons. The van der Waals surface area contributed by atoms with Crippen molar-refractivity contribution < 1.29 is 42.8 Å². The Morgan fingerprint density at radius 2 is 0.763 bits per heavy atom. The molecule has 0 fully saturated rings. The first-order valence-electron chi connectivity index (χ1n) is 19.6. The zero-order valence-corrected chi connectivity index (χ0v) is 35.3. The van der Waals surface area contributed by atoms with Crippen LogP contribution in [-0.2, 0) is 28.6 Å². The van der Waals surface area contributed by atoms with Crippen molar-refractivity contribution in [1.82, 2.24) is 0 Å². The predicted octanol–water partition coefficient (Wildman–Crippen LogP) is 11.2. The second-order valence-electron chi connectivity index (χ2n) is 17.3. The molecule has 0 radical (unpaired) electrons. The van der Waals surface area contributed by atoms with Crippen molar-refractivity contribution in [2.45, 2.75) is 79.1 Å². The van der Waals surface area contributed by atoms with Crippen LogP contribution in [0.15, 0.2) is 115 Å². The van der Waals surface area contributed by atoms with Gasteiger partial charge in [-0.2, -0.15) is 0 Å². The van der Waals surface area contributed by atoms with E-state index in [1.54, 1.807) is 0 Å². The van der Waals surface area contributed by atoms with Crippen LogP contribution in [-0.4, -0.2) is 54.5 Å². The fraction of sp³-hybridized carbons (Fsp3) is 0.300. The topological polar surface area (TPSA) is 107 Å². The van der Waals surface area contributed by atoms with E-state index in [0.29, 0.717) is 17.2 Å². The van der Waals surface area contributed by atoms with E-state index in [9.17, 15) is 14.4 Å². The molecule has 6 rings (SSSR count). The zero-order chi connectivity index (χ0) is 42.5. The molecule has 9 nitrogen and oxygen atoms in total. The minimum atomic E-state index is -0.622. The van der Waals surface area contributed by atoms with Crippen molar-refractivity contribution in [3.8, 4) is 50.6 Å². The second-order valence-corrected chi connectivity index (χ2v) is 17.3. The van der Waals surface area contributed by atoms with Gasteiger partial charge in [0, 0.05) is 0 Å². The Labute approximate surface area is 346 Å². The van der Waals surface area contributed by atoms with Crippen LogP contribution in [0.3, 0.4) is 0 Å². The normalized spacial score (nSPS) is 11.9. The van der Waals surface area contributed by atoms with E-state index in [1.807, 2.05) is 147 Å². The summed E-state index contributed by atoms with van der Waals surface area (Å²) < 4.78 is 33.8. The molecule has 0 aromatic heterocycles. The summed E-state index contributed by atoms with van der Waals surface area (Å²) >= 11 is 0. The van der Waals surface area contributed by atoms with E-state index in [-0.39, 0.29) is 19.8 Å². The molecule has 0 amide bonds. The summed E-state index contributed by atoms with van der Waals surface area (Å²) in [6.45, 7) is 15.7. The summed E-state index contributed by atoms with van der Waals surface area (Å²) in [7, 11) is 0. The number of esters is 3. The van der Waals surface area contributed by atoms with Gasteiger partial charge in [-0.25, -0.2) is 14.4 Å². The van der Waals surface area contributed by atoms with Gasteiger partial charge in [0.05, 0.1) is 0 Å². The highest BCUT2D eigenvalue weighted by molar-refractivity contribution is 6.13. The molecule has 0 atom stereocenters. The Balaban J connectivity index is 1.46. The van der Waals surface area contributed by atoms with Crippen LogP contribution in [0.4, 0.5) is 0 Å². The maximum Gasteiger partial charge on any atom is 0.344 e. The molecule has 0 heterocycles. The molecule has 0 aliphatic heterocycles. The molecule has 6 aromatic carbocycles. The molecule has 0 aliphatic rings. The largest absolute Gasteiger partial charge is 0.482 e. The van der Waals surface area contributed by atoms with Crippen molar-refractivity contribution in [2.75, 3.05) is 19.8 Å². The Kier molecular flexibility index (Phi) is 12.4. The van der Waals surface area contributed by atoms with E-state index in [2.05, 4.69) is 30.3 Å². The van der Waals surface area contributed by atoms with Gasteiger partial charge in [0.2, 0.25) is 0 Å². The minimum absolute atomic E-state index is 0.213. The van der Waals surface area contributed by atoms with Crippen molar-refractivity contribution in [2.24, 2.45) is 0 Å². The lowest BCUT2D eigenvalue weighted by Gasteiger charge is -2.21. The van der Waals surface area contributed by atoms with Crippen molar-refractivity contribution >= 4 is 39.5 Å². The van der Waals surface area contributed by atoms with Crippen LogP contribution in [0.1, 0.15) is 62.3 Å². The molecular formula is C50H52O9. The van der Waals surface area contributed by atoms with E-state index >= 15 is 0 Å². The van der Waals surface area contributed by atoms with Gasteiger partial charge in [-0.3, -0.25) is 0 Å². The molecule has 0 unspecified atom stereocenters. The molecule has 59 heavy (non-hydrogen) atoms. The van der Waals surface area contributed by atoms with Gasteiger partial charge in [0.25, 0.3) is 0 Å². The van der Waals surface area contributed by atoms with Crippen LogP contribution >= 0.6 is 0 Å². The van der Waals surface area contributed by atoms with E-state index in [4.69, 9.17) is 28.4 Å². The standard InChI is InChI=1S/C50H52O9/c1-48(2,3)57-43(51)29-54-38-20-14-32(15-21-38)41-28-37-26-35-12-10-11-13-36(35)27-42(37)47(34-18-24-40(25-19-34)56-31-45(53)59-50(7,8)9)46(41)33-16-22-39(23-17-33)55-30-44(52)58-49(4,5)6/h10-28H,29-31H2,1-9H3. The lowest BCUT2D eigenvalue weighted by Crippen LogP contribution is -2.27. The monoisotopic (exact) mass is 796 g/mol. The summed E-state index contributed by atoms with van der Waals surface area (Å²) in [5, 5.41) is 4.26. The molecule has 9 heteroatoms. The van der Waals surface area contributed by atoms with Crippen molar-refractivity contribution in [3.63, 3.8) is 0 Å². The highest BCUT2D eigenvalue weighted by Crippen LogP contribution is 2.46. The Morgan fingerprint density at radius 3 is 1.15 bits per heavy atom. The van der Waals surface area contributed by atoms with Gasteiger partial charge in [-0.1, -0.05) is 60.7 Å². The number of hydrogen-bond acceptors (Lipinski definition) is 9. The van der Waals surface area contributed by atoms with Gasteiger partial charge in [0.15, 0.2) is 19.8 Å². The summed E-state index contributed by atoms with van der Waals surface area (Å²) in [4.78, 5) is 37.3. The lowest BCUT2D eigenvalue weighted by atomic mass is 9.83. The molecular weight excluding hydrogens is 745 g/mol. The average molecular weight is 797 g/mol. The summed E-state index contributed by atoms with van der Waals surface area (Å²) in [5.74, 6) is 0.226.